The summed E-state index contributed by atoms with van der Waals surface area (Å²) in [6, 6.07) is 9.62. The van der Waals surface area contributed by atoms with Crippen molar-refractivity contribution >= 4 is 11.9 Å². The van der Waals surface area contributed by atoms with Crippen LogP contribution in [0.3, 0.4) is 0 Å². The average Bonchev–Trinajstić information content (AvgIpc) is 2.43. The molecular weight excluding hydrogens is 268 g/mol. The number of amides is 1. The first kappa shape index (κ1) is 17.2. The molecule has 5 heteroatoms. The summed E-state index contributed by atoms with van der Waals surface area (Å²) < 4.78 is 0. The molecule has 3 N–H and O–H groups in total. The van der Waals surface area contributed by atoms with E-state index in [9.17, 15) is 14.7 Å². The predicted molar refractivity (Wildman–Crippen MR) is 81.8 cm³/mol. The van der Waals surface area contributed by atoms with Gasteiger partial charge in [-0.1, -0.05) is 30.3 Å². The van der Waals surface area contributed by atoms with E-state index in [1.807, 2.05) is 30.3 Å². The van der Waals surface area contributed by atoms with E-state index in [4.69, 9.17) is 0 Å². The molecule has 0 atom stereocenters. The van der Waals surface area contributed by atoms with Gasteiger partial charge in [-0.15, -0.1) is 0 Å². The lowest BCUT2D eigenvalue weighted by Crippen LogP contribution is -2.57. The van der Waals surface area contributed by atoms with Crippen LogP contribution in [0.5, 0.6) is 0 Å². The van der Waals surface area contributed by atoms with Crippen LogP contribution in [0, 0.1) is 5.41 Å². The van der Waals surface area contributed by atoms with Gasteiger partial charge in [0.15, 0.2) is 0 Å². The summed E-state index contributed by atoms with van der Waals surface area (Å²) in [6.45, 7) is 7.40. The van der Waals surface area contributed by atoms with Gasteiger partial charge in [0.1, 0.15) is 0 Å². The SMILES string of the molecule is CC(C)(NCC(=O)NCc1ccccc1)C(C)(C)C(=O)O. The molecule has 21 heavy (non-hydrogen) atoms. The number of nitrogens with one attached hydrogen (secondary N) is 2. The fourth-order valence-corrected chi connectivity index (χ4v) is 1.65. The molecule has 0 bridgehead atoms. The smallest absolute Gasteiger partial charge is 0.310 e. The van der Waals surface area contributed by atoms with Gasteiger partial charge >= 0.3 is 5.97 Å². The third-order valence-corrected chi connectivity index (χ3v) is 4.12. The van der Waals surface area contributed by atoms with Crippen molar-refractivity contribution < 1.29 is 14.7 Å². The molecular formula is C16H24N2O3. The Morgan fingerprint density at radius 2 is 1.67 bits per heavy atom. The molecule has 0 aliphatic carbocycles. The summed E-state index contributed by atoms with van der Waals surface area (Å²) in [5.41, 5.74) is -0.661. The van der Waals surface area contributed by atoms with Crippen LogP contribution < -0.4 is 10.6 Å². The van der Waals surface area contributed by atoms with Gasteiger partial charge in [0.05, 0.1) is 12.0 Å². The number of rotatable bonds is 7. The van der Waals surface area contributed by atoms with Crippen molar-refractivity contribution in [3.05, 3.63) is 35.9 Å². The molecule has 0 saturated carbocycles. The van der Waals surface area contributed by atoms with Crippen LogP contribution in [0.1, 0.15) is 33.3 Å². The molecule has 0 saturated heterocycles. The Bertz CT molecular complexity index is 496. The van der Waals surface area contributed by atoms with Crippen molar-refractivity contribution in [2.75, 3.05) is 6.54 Å². The van der Waals surface area contributed by atoms with Crippen molar-refractivity contribution in [2.24, 2.45) is 5.41 Å². The number of hydrogen-bond donors (Lipinski definition) is 3. The lowest BCUT2D eigenvalue weighted by Gasteiger charge is -2.38. The van der Waals surface area contributed by atoms with Crippen LogP contribution in [0.15, 0.2) is 30.3 Å². The van der Waals surface area contributed by atoms with Crippen molar-refractivity contribution in [2.45, 2.75) is 39.8 Å². The van der Waals surface area contributed by atoms with Crippen molar-refractivity contribution in [1.29, 1.82) is 0 Å². The molecule has 1 aromatic carbocycles. The van der Waals surface area contributed by atoms with E-state index in [-0.39, 0.29) is 12.5 Å². The highest BCUT2D eigenvalue weighted by Crippen LogP contribution is 2.30. The maximum Gasteiger partial charge on any atom is 0.310 e. The van der Waals surface area contributed by atoms with Crippen molar-refractivity contribution in [3.63, 3.8) is 0 Å². The van der Waals surface area contributed by atoms with Crippen LogP contribution in [0.4, 0.5) is 0 Å². The van der Waals surface area contributed by atoms with Gasteiger partial charge in [-0.05, 0) is 33.3 Å². The van der Waals surface area contributed by atoms with Crippen LogP contribution in [-0.4, -0.2) is 29.1 Å². The highest BCUT2D eigenvalue weighted by Gasteiger charge is 2.43. The van der Waals surface area contributed by atoms with Crippen LogP contribution in [0.25, 0.3) is 0 Å². The average molecular weight is 292 g/mol. The first-order chi connectivity index (χ1) is 9.67. The Hall–Kier alpha value is -1.88. The standard InChI is InChI=1S/C16H24N2O3/c1-15(2,14(20)21)16(3,4)18-11-13(19)17-10-12-8-6-5-7-9-12/h5-9,18H,10-11H2,1-4H3,(H,17,19)(H,20,21). The van der Waals surface area contributed by atoms with Gasteiger partial charge < -0.3 is 15.7 Å². The van der Waals surface area contributed by atoms with Crippen LogP contribution in [0.2, 0.25) is 0 Å². The van der Waals surface area contributed by atoms with E-state index >= 15 is 0 Å². The van der Waals surface area contributed by atoms with E-state index in [0.29, 0.717) is 6.54 Å². The third-order valence-electron chi connectivity index (χ3n) is 4.12. The molecule has 0 spiro atoms. The molecule has 0 aliphatic rings. The number of carboxylic acids is 1. The molecule has 116 valence electrons. The minimum absolute atomic E-state index is 0.0799. The Morgan fingerprint density at radius 1 is 1.10 bits per heavy atom. The summed E-state index contributed by atoms with van der Waals surface area (Å²) in [5.74, 6) is -1.06. The van der Waals surface area contributed by atoms with E-state index in [0.717, 1.165) is 5.56 Å². The fourth-order valence-electron chi connectivity index (χ4n) is 1.65. The number of aliphatic carboxylic acids is 1. The monoisotopic (exact) mass is 292 g/mol. The summed E-state index contributed by atoms with van der Waals surface area (Å²) in [4.78, 5) is 23.1. The van der Waals surface area contributed by atoms with Crippen LogP contribution >= 0.6 is 0 Å². The third kappa shape index (κ3) is 4.56. The van der Waals surface area contributed by atoms with E-state index in [1.165, 1.54) is 0 Å². The first-order valence-corrected chi connectivity index (χ1v) is 6.96. The zero-order chi connectivity index (χ0) is 16.1. The zero-order valence-electron chi connectivity index (χ0n) is 13.1. The lowest BCUT2D eigenvalue weighted by molar-refractivity contribution is -0.151. The summed E-state index contributed by atoms with van der Waals surface area (Å²) in [5, 5.41) is 15.1. The van der Waals surface area contributed by atoms with Gasteiger partial charge in [-0.25, -0.2) is 0 Å². The zero-order valence-corrected chi connectivity index (χ0v) is 13.1. The van der Waals surface area contributed by atoms with E-state index in [1.54, 1.807) is 27.7 Å². The van der Waals surface area contributed by atoms with Gasteiger partial charge in [-0.2, -0.15) is 0 Å². The van der Waals surface area contributed by atoms with Crippen LogP contribution in [-0.2, 0) is 16.1 Å². The lowest BCUT2D eigenvalue weighted by atomic mass is 9.74. The minimum Gasteiger partial charge on any atom is -0.481 e. The maximum atomic E-state index is 11.8. The second-order valence-corrected chi connectivity index (χ2v) is 6.17. The number of carboxylic acid groups (broad SMARTS) is 1. The predicted octanol–water partition coefficient (Wildman–Crippen LogP) is 1.78. The molecule has 0 aliphatic heterocycles. The molecule has 0 aromatic heterocycles. The molecule has 1 aromatic rings. The van der Waals surface area contributed by atoms with Gasteiger partial charge in [0, 0.05) is 12.1 Å². The topological polar surface area (TPSA) is 78.4 Å². The van der Waals surface area contributed by atoms with Crippen molar-refractivity contribution in [1.82, 2.24) is 10.6 Å². The van der Waals surface area contributed by atoms with Gasteiger partial charge in [0.2, 0.25) is 5.91 Å². The van der Waals surface area contributed by atoms with Gasteiger partial charge in [-0.3, -0.25) is 9.59 Å². The Labute approximate surface area is 125 Å². The largest absolute Gasteiger partial charge is 0.481 e. The van der Waals surface area contributed by atoms with Crippen molar-refractivity contribution in [3.8, 4) is 0 Å². The van der Waals surface area contributed by atoms with Gasteiger partial charge in [0.25, 0.3) is 0 Å². The second-order valence-electron chi connectivity index (χ2n) is 6.17. The van der Waals surface area contributed by atoms with E-state index in [2.05, 4.69) is 10.6 Å². The molecule has 1 rings (SSSR count). The minimum atomic E-state index is -0.979. The quantitative estimate of drug-likeness (QED) is 0.716. The van der Waals surface area contributed by atoms with E-state index < -0.39 is 16.9 Å². The highest BCUT2D eigenvalue weighted by atomic mass is 16.4. The number of benzene rings is 1. The Morgan fingerprint density at radius 3 is 2.19 bits per heavy atom. The number of carbonyl (C=O) groups is 2. The molecule has 1 amide bonds. The molecule has 0 radical (unpaired) electrons. The Kier molecular flexibility index (Phi) is 5.49. The number of carbonyl (C=O) groups excluding carboxylic acids is 1. The summed E-state index contributed by atoms with van der Waals surface area (Å²) >= 11 is 0. The summed E-state index contributed by atoms with van der Waals surface area (Å²) in [7, 11) is 0. The second kappa shape index (κ2) is 6.72. The normalized spacial score (nSPS) is 12.0. The fraction of sp³-hybridized carbons (Fsp3) is 0.500. The molecule has 0 unspecified atom stereocenters. The molecule has 5 nitrogen and oxygen atoms in total. The maximum absolute atomic E-state index is 11.8. The first-order valence-electron chi connectivity index (χ1n) is 6.96. The molecule has 0 heterocycles. The molecule has 0 fully saturated rings. The number of hydrogen-bond acceptors (Lipinski definition) is 3. The highest BCUT2D eigenvalue weighted by molar-refractivity contribution is 5.79. The summed E-state index contributed by atoms with van der Waals surface area (Å²) in [6.07, 6.45) is 0. The Balaban J connectivity index is 2.47.